The first-order valence-electron chi connectivity index (χ1n) is 11.2. The van der Waals surface area contributed by atoms with Crippen LogP contribution in [-0.4, -0.2) is 74.0 Å². The third-order valence-electron chi connectivity index (χ3n) is 6.28. The number of hydrogen-bond acceptors (Lipinski definition) is 6. The standard InChI is InChI=1S/C23H29ClN4O4S/c24-18-2-1-3-22(16-18)33(30,31)26-17-23(29)28-12-6-19(7-13-28)27-14-8-21(9-15-27)32-20-4-10-25-11-5-20/h1-5,10-11,16,19,21,26H,6-9,12-15,17H2. The Morgan fingerprint density at radius 1 is 1.06 bits per heavy atom. The molecule has 1 aromatic heterocycles. The zero-order chi connectivity index (χ0) is 23.3. The third kappa shape index (κ3) is 6.44. The second-order valence-corrected chi connectivity index (χ2v) is 10.6. The summed E-state index contributed by atoms with van der Waals surface area (Å²) >= 11 is 5.88. The van der Waals surface area contributed by atoms with Gasteiger partial charge < -0.3 is 9.64 Å². The van der Waals surface area contributed by atoms with Crippen LogP contribution >= 0.6 is 11.6 Å². The first-order chi connectivity index (χ1) is 15.9. The highest BCUT2D eigenvalue weighted by molar-refractivity contribution is 7.89. The van der Waals surface area contributed by atoms with E-state index < -0.39 is 10.0 Å². The number of aromatic nitrogens is 1. The van der Waals surface area contributed by atoms with E-state index in [4.69, 9.17) is 16.3 Å². The van der Waals surface area contributed by atoms with Crippen LogP contribution in [0.3, 0.4) is 0 Å². The maximum absolute atomic E-state index is 12.6. The van der Waals surface area contributed by atoms with Gasteiger partial charge in [-0.2, -0.15) is 0 Å². The average molecular weight is 493 g/mol. The Bertz CT molecular complexity index is 1040. The number of rotatable bonds is 7. The summed E-state index contributed by atoms with van der Waals surface area (Å²) < 4.78 is 33.3. The lowest BCUT2D eigenvalue weighted by atomic mass is 9.99. The van der Waals surface area contributed by atoms with Crippen LogP contribution in [0.5, 0.6) is 5.75 Å². The molecule has 0 unspecified atom stereocenters. The van der Waals surface area contributed by atoms with E-state index in [9.17, 15) is 13.2 Å². The number of hydrogen-bond donors (Lipinski definition) is 1. The van der Waals surface area contributed by atoms with Gasteiger partial charge in [0.1, 0.15) is 11.9 Å². The predicted molar refractivity (Wildman–Crippen MR) is 126 cm³/mol. The van der Waals surface area contributed by atoms with Crippen molar-refractivity contribution in [3.05, 3.63) is 53.8 Å². The van der Waals surface area contributed by atoms with E-state index in [0.29, 0.717) is 24.2 Å². The number of carbonyl (C=O) groups is 1. The van der Waals surface area contributed by atoms with Gasteiger partial charge in [0.25, 0.3) is 0 Å². The molecular formula is C23H29ClN4O4S. The van der Waals surface area contributed by atoms with Crippen LogP contribution in [0, 0.1) is 0 Å². The third-order valence-corrected chi connectivity index (χ3v) is 7.92. The highest BCUT2D eigenvalue weighted by atomic mass is 35.5. The number of nitrogens with zero attached hydrogens (tertiary/aromatic N) is 3. The van der Waals surface area contributed by atoms with Crippen LogP contribution in [0.25, 0.3) is 0 Å². The molecule has 2 aliphatic rings. The first-order valence-corrected chi connectivity index (χ1v) is 13.1. The molecule has 2 saturated heterocycles. The van der Waals surface area contributed by atoms with Gasteiger partial charge in [0, 0.05) is 49.6 Å². The lowest BCUT2D eigenvalue weighted by molar-refractivity contribution is -0.131. The fourth-order valence-corrected chi connectivity index (χ4v) is 5.71. The van der Waals surface area contributed by atoms with Crippen molar-refractivity contribution in [2.75, 3.05) is 32.7 Å². The Balaban J connectivity index is 1.19. The number of carbonyl (C=O) groups excluding carboxylic acids is 1. The number of sulfonamides is 1. The van der Waals surface area contributed by atoms with Crippen LogP contribution in [0.2, 0.25) is 5.02 Å². The van der Waals surface area contributed by atoms with Crippen molar-refractivity contribution in [3.8, 4) is 5.75 Å². The molecule has 178 valence electrons. The smallest absolute Gasteiger partial charge is 0.241 e. The Morgan fingerprint density at radius 2 is 1.76 bits per heavy atom. The molecule has 1 N–H and O–H groups in total. The summed E-state index contributed by atoms with van der Waals surface area (Å²) in [7, 11) is -3.78. The van der Waals surface area contributed by atoms with Crippen LogP contribution in [0.4, 0.5) is 0 Å². The van der Waals surface area contributed by atoms with E-state index in [1.807, 2.05) is 12.1 Å². The Kier molecular flexibility index (Phi) is 7.85. The number of piperidine rings is 2. The maximum Gasteiger partial charge on any atom is 0.241 e. The lowest BCUT2D eigenvalue weighted by Gasteiger charge is -2.41. The van der Waals surface area contributed by atoms with Gasteiger partial charge in [0.15, 0.2) is 0 Å². The van der Waals surface area contributed by atoms with E-state index in [1.165, 1.54) is 12.1 Å². The Labute approximate surface area is 199 Å². The number of benzene rings is 1. The van der Waals surface area contributed by atoms with Crippen LogP contribution in [0.15, 0.2) is 53.7 Å². The molecule has 0 spiro atoms. The van der Waals surface area contributed by atoms with Gasteiger partial charge >= 0.3 is 0 Å². The molecule has 1 amide bonds. The van der Waals surface area contributed by atoms with Crippen molar-refractivity contribution in [2.45, 2.75) is 42.7 Å². The molecule has 0 bridgehead atoms. The molecule has 0 atom stereocenters. The molecule has 0 aliphatic carbocycles. The minimum absolute atomic E-state index is 0.0535. The SMILES string of the molecule is O=C(CNS(=O)(=O)c1cccc(Cl)c1)N1CCC(N2CCC(Oc3ccncc3)CC2)CC1. The van der Waals surface area contributed by atoms with Gasteiger partial charge in [-0.1, -0.05) is 17.7 Å². The molecule has 8 nitrogen and oxygen atoms in total. The molecule has 2 fully saturated rings. The van der Waals surface area contributed by atoms with Crippen LogP contribution in [0.1, 0.15) is 25.7 Å². The average Bonchev–Trinajstić information content (AvgIpc) is 2.84. The minimum Gasteiger partial charge on any atom is -0.490 e. The summed E-state index contributed by atoms with van der Waals surface area (Å²) in [5.74, 6) is 0.657. The topological polar surface area (TPSA) is 91.8 Å². The van der Waals surface area contributed by atoms with Gasteiger partial charge in [0.05, 0.1) is 11.4 Å². The quantitative estimate of drug-likeness (QED) is 0.638. The molecule has 4 rings (SSSR count). The van der Waals surface area contributed by atoms with Crippen LogP contribution < -0.4 is 9.46 Å². The van der Waals surface area contributed by atoms with Gasteiger partial charge in [0.2, 0.25) is 15.9 Å². The highest BCUT2D eigenvalue weighted by Gasteiger charge is 2.30. The maximum atomic E-state index is 12.6. The number of nitrogens with one attached hydrogen (secondary N) is 1. The molecule has 3 heterocycles. The second-order valence-electron chi connectivity index (χ2n) is 8.43. The highest BCUT2D eigenvalue weighted by Crippen LogP contribution is 2.24. The zero-order valence-corrected chi connectivity index (χ0v) is 20.0. The summed E-state index contributed by atoms with van der Waals surface area (Å²) in [6, 6.07) is 10.2. The number of halogens is 1. The molecule has 2 aromatic rings. The fraction of sp³-hybridized carbons (Fsp3) is 0.478. The van der Waals surface area contributed by atoms with E-state index in [1.54, 1.807) is 29.4 Å². The fourth-order valence-electron chi connectivity index (χ4n) is 4.43. The molecule has 33 heavy (non-hydrogen) atoms. The normalized spacial score (nSPS) is 18.9. The van der Waals surface area contributed by atoms with Gasteiger partial charge in [-0.15, -0.1) is 0 Å². The summed E-state index contributed by atoms with van der Waals surface area (Å²) in [4.78, 5) is 20.9. The molecule has 0 saturated carbocycles. The van der Waals surface area contributed by atoms with Crippen molar-refractivity contribution in [3.63, 3.8) is 0 Å². The number of amides is 1. The zero-order valence-electron chi connectivity index (χ0n) is 18.4. The minimum atomic E-state index is -3.78. The number of likely N-dealkylation sites (tertiary alicyclic amines) is 2. The van der Waals surface area contributed by atoms with Gasteiger partial charge in [-0.25, -0.2) is 13.1 Å². The van der Waals surface area contributed by atoms with Crippen molar-refractivity contribution in [1.29, 1.82) is 0 Å². The summed E-state index contributed by atoms with van der Waals surface area (Å²) in [6.45, 7) is 2.98. The molecule has 1 aromatic carbocycles. The van der Waals surface area contributed by atoms with Crippen molar-refractivity contribution < 1.29 is 17.9 Å². The van der Waals surface area contributed by atoms with E-state index in [-0.39, 0.29) is 23.5 Å². The van der Waals surface area contributed by atoms with Gasteiger partial charge in [-0.05, 0) is 56.0 Å². The summed E-state index contributed by atoms with van der Waals surface area (Å²) in [5, 5.41) is 0.333. The largest absolute Gasteiger partial charge is 0.490 e. The molecule has 10 heteroatoms. The molecule has 0 radical (unpaired) electrons. The number of ether oxygens (including phenoxy) is 1. The lowest BCUT2D eigenvalue weighted by Crippen LogP contribution is -2.51. The van der Waals surface area contributed by atoms with Crippen LogP contribution in [-0.2, 0) is 14.8 Å². The van der Waals surface area contributed by atoms with E-state index >= 15 is 0 Å². The van der Waals surface area contributed by atoms with Crippen molar-refractivity contribution in [1.82, 2.24) is 19.5 Å². The molecular weight excluding hydrogens is 464 g/mol. The van der Waals surface area contributed by atoms with E-state index in [2.05, 4.69) is 14.6 Å². The van der Waals surface area contributed by atoms with Crippen molar-refractivity contribution in [2.24, 2.45) is 0 Å². The monoisotopic (exact) mass is 492 g/mol. The summed E-state index contributed by atoms with van der Waals surface area (Å²) in [6.07, 6.45) is 7.44. The summed E-state index contributed by atoms with van der Waals surface area (Å²) in [5.41, 5.74) is 0. The van der Waals surface area contributed by atoms with Gasteiger partial charge in [-0.3, -0.25) is 14.7 Å². The predicted octanol–water partition coefficient (Wildman–Crippen LogP) is 2.55. The van der Waals surface area contributed by atoms with Crippen molar-refractivity contribution >= 4 is 27.5 Å². The van der Waals surface area contributed by atoms with E-state index in [0.717, 1.165) is 44.5 Å². The Hall–Kier alpha value is -2.20. The second kappa shape index (κ2) is 10.8. The molecule has 2 aliphatic heterocycles. The first kappa shape index (κ1) is 23.9. The number of pyridine rings is 1. The Morgan fingerprint density at radius 3 is 2.42 bits per heavy atom.